The molecule has 0 aromatic heterocycles. The van der Waals surface area contributed by atoms with Crippen molar-refractivity contribution in [3.8, 4) is 0 Å². The van der Waals surface area contributed by atoms with Crippen molar-refractivity contribution in [2.24, 2.45) is 4.99 Å². The highest BCUT2D eigenvalue weighted by Gasteiger charge is 2.44. The van der Waals surface area contributed by atoms with Crippen molar-refractivity contribution in [1.82, 2.24) is 15.5 Å². The summed E-state index contributed by atoms with van der Waals surface area (Å²) in [6.07, 6.45) is 4.39. The van der Waals surface area contributed by atoms with Gasteiger partial charge in [-0.25, -0.2) is 4.39 Å². The van der Waals surface area contributed by atoms with Gasteiger partial charge in [0, 0.05) is 44.7 Å². The second-order valence-corrected chi connectivity index (χ2v) is 7.74. The molecule has 2 N–H and O–H groups in total. The molecular formula is C21H33FN4O. The largest absolute Gasteiger partial charge is 0.383 e. The Labute approximate surface area is 162 Å². The quantitative estimate of drug-likeness (QED) is 0.541. The minimum atomic E-state index is -0.159. The van der Waals surface area contributed by atoms with Crippen molar-refractivity contribution >= 4 is 5.96 Å². The maximum absolute atomic E-state index is 13.6. The number of guanidine groups is 1. The minimum absolute atomic E-state index is 0.0218. The summed E-state index contributed by atoms with van der Waals surface area (Å²) in [6.45, 7) is 7.62. The van der Waals surface area contributed by atoms with Gasteiger partial charge >= 0.3 is 0 Å². The van der Waals surface area contributed by atoms with Crippen LogP contribution in [0.25, 0.3) is 0 Å². The van der Waals surface area contributed by atoms with E-state index in [1.54, 1.807) is 19.2 Å². The van der Waals surface area contributed by atoms with Crippen LogP contribution < -0.4 is 10.6 Å². The van der Waals surface area contributed by atoms with Gasteiger partial charge in [-0.3, -0.25) is 4.99 Å². The van der Waals surface area contributed by atoms with E-state index in [-0.39, 0.29) is 11.2 Å². The predicted octanol–water partition coefficient (Wildman–Crippen LogP) is 2.52. The van der Waals surface area contributed by atoms with Crippen LogP contribution in [0.4, 0.5) is 4.39 Å². The number of aliphatic imine (C=N–C) groups is 1. The molecule has 150 valence electrons. The number of nitrogens with one attached hydrogen (secondary N) is 2. The summed E-state index contributed by atoms with van der Waals surface area (Å²) in [6, 6.07) is 7.45. The highest BCUT2D eigenvalue weighted by molar-refractivity contribution is 5.80. The van der Waals surface area contributed by atoms with E-state index < -0.39 is 0 Å². The summed E-state index contributed by atoms with van der Waals surface area (Å²) in [4.78, 5) is 7.31. The van der Waals surface area contributed by atoms with E-state index in [0.717, 1.165) is 70.0 Å². The Morgan fingerprint density at radius 3 is 2.74 bits per heavy atom. The molecule has 1 saturated heterocycles. The third-order valence-corrected chi connectivity index (χ3v) is 5.71. The number of piperidine rings is 1. The van der Waals surface area contributed by atoms with Gasteiger partial charge in [-0.05, 0) is 50.3 Å². The van der Waals surface area contributed by atoms with Gasteiger partial charge in [-0.15, -0.1) is 0 Å². The minimum Gasteiger partial charge on any atom is -0.383 e. The van der Waals surface area contributed by atoms with Crippen LogP contribution >= 0.6 is 0 Å². The number of hydrogen-bond acceptors (Lipinski definition) is 3. The maximum Gasteiger partial charge on any atom is 0.191 e. The zero-order valence-electron chi connectivity index (χ0n) is 16.6. The van der Waals surface area contributed by atoms with Crippen molar-refractivity contribution in [3.63, 3.8) is 0 Å². The summed E-state index contributed by atoms with van der Waals surface area (Å²) >= 11 is 0. The first-order valence-corrected chi connectivity index (χ1v) is 10.2. The second-order valence-electron chi connectivity index (χ2n) is 7.74. The normalized spacial score (nSPS) is 20.5. The van der Waals surface area contributed by atoms with Gasteiger partial charge in [0.2, 0.25) is 0 Å². The summed E-state index contributed by atoms with van der Waals surface area (Å²) in [7, 11) is 1.75. The first-order valence-electron chi connectivity index (χ1n) is 10.2. The average molecular weight is 377 g/mol. The van der Waals surface area contributed by atoms with E-state index in [1.807, 2.05) is 6.07 Å². The molecule has 1 aromatic rings. The first-order chi connectivity index (χ1) is 13.1. The van der Waals surface area contributed by atoms with Crippen LogP contribution in [-0.2, 0) is 10.2 Å². The van der Waals surface area contributed by atoms with Crippen molar-refractivity contribution in [3.05, 3.63) is 35.6 Å². The Balaban J connectivity index is 1.54. The van der Waals surface area contributed by atoms with Crippen LogP contribution in [0.1, 0.15) is 38.2 Å². The van der Waals surface area contributed by atoms with E-state index in [4.69, 9.17) is 9.73 Å². The van der Waals surface area contributed by atoms with Crippen molar-refractivity contribution < 1.29 is 9.13 Å². The molecule has 0 spiro atoms. The fourth-order valence-corrected chi connectivity index (χ4v) is 3.77. The van der Waals surface area contributed by atoms with E-state index >= 15 is 0 Å². The predicted molar refractivity (Wildman–Crippen MR) is 108 cm³/mol. The molecule has 1 aliphatic carbocycles. The molecule has 0 bridgehead atoms. The van der Waals surface area contributed by atoms with Crippen LogP contribution in [0.15, 0.2) is 29.3 Å². The average Bonchev–Trinajstić information content (AvgIpc) is 3.47. The lowest BCUT2D eigenvalue weighted by Crippen LogP contribution is -2.49. The van der Waals surface area contributed by atoms with Gasteiger partial charge in [0.1, 0.15) is 5.82 Å². The molecule has 2 aliphatic rings. The Hall–Kier alpha value is -1.66. The second kappa shape index (κ2) is 9.51. The summed E-state index contributed by atoms with van der Waals surface area (Å²) < 4.78 is 18.8. The van der Waals surface area contributed by atoms with Gasteiger partial charge in [-0.2, -0.15) is 0 Å². The maximum atomic E-state index is 13.6. The molecule has 2 fully saturated rings. The van der Waals surface area contributed by atoms with Gasteiger partial charge in [0.05, 0.1) is 13.2 Å². The van der Waals surface area contributed by atoms with Crippen LogP contribution in [0.2, 0.25) is 0 Å². The van der Waals surface area contributed by atoms with Gasteiger partial charge < -0.3 is 20.3 Å². The smallest absolute Gasteiger partial charge is 0.191 e. The molecule has 0 atom stereocenters. The fourth-order valence-electron chi connectivity index (χ4n) is 3.77. The third-order valence-electron chi connectivity index (χ3n) is 5.71. The molecule has 0 unspecified atom stereocenters. The van der Waals surface area contributed by atoms with Crippen molar-refractivity contribution in [1.29, 1.82) is 0 Å². The molecule has 1 aromatic carbocycles. The number of ether oxygens (including phenoxy) is 1. The molecule has 27 heavy (non-hydrogen) atoms. The fraction of sp³-hybridized carbons (Fsp3) is 0.667. The lowest BCUT2D eigenvalue weighted by Gasteiger charge is -2.33. The number of methoxy groups -OCH3 is 1. The molecule has 3 rings (SSSR count). The first kappa shape index (κ1) is 20.1. The van der Waals surface area contributed by atoms with Crippen molar-refractivity contribution in [2.45, 2.75) is 44.1 Å². The van der Waals surface area contributed by atoms with Crippen LogP contribution in [0.5, 0.6) is 0 Å². The Bertz CT molecular complexity index is 624. The number of rotatable bonds is 8. The topological polar surface area (TPSA) is 48.9 Å². The van der Waals surface area contributed by atoms with E-state index in [0.29, 0.717) is 12.6 Å². The molecule has 1 heterocycles. The number of halogens is 1. The molecule has 0 radical (unpaired) electrons. The van der Waals surface area contributed by atoms with Crippen LogP contribution in [0, 0.1) is 5.82 Å². The summed E-state index contributed by atoms with van der Waals surface area (Å²) in [5.41, 5.74) is 1.10. The standard InChI is InChI=1S/C21H33FN4O/c1-3-23-20(25-19-7-11-26(12-8-19)13-14-27-2)24-16-21(9-10-21)17-5-4-6-18(22)15-17/h4-6,15,19H,3,7-14,16H2,1-2H3,(H2,23,24,25). The highest BCUT2D eigenvalue weighted by Crippen LogP contribution is 2.48. The Morgan fingerprint density at radius 1 is 1.33 bits per heavy atom. The van der Waals surface area contributed by atoms with Gasteiger partial charge in [0.15, 0.2) is 5.96 Å². The molecule has 0 amide bonds. The summed E-state index contributed by atoms with van der Waals surface area (Å²) in [5.74, 6) is 0.725. The highest BCUT2D eigenvalue weighted by atomic mass is 19.1. The monoisotopic (exact) mass is 376 g/mol. The zero-order valence-corrected chi connectivity index (χ0v) is 16.6. The van der Waals surface area contributed by atoms with Gasteiger partial charge in [-0.1, -0.05) is 12.1 Å². The van der Waals surface area contributed by atoms with E-state index in [1.165, 1.54) is 6.07 Å². The Kier molecular flexibility index (Phi) is 7.07. The lowest BCUT2D eigenvalue weighted by molar-refractivity contribution is 0.128. The lowest BCUT2D eigenvalue weighted by atomic mass is 9.96. The number of hydrogen-bond donors (Lipinski definition) is 2. The molecule has 1 aliphatic heterocycles. The van der Waals surface area contributed by atoms with Gasteiger partial charge in [0.25, 0.3) is 0 Å². The van der Waals surface area contributed by atoms with E-state index in [9.17, 15) is 4.39 Å². The number of benzene rings is 1. The van der Waals surface area contributed by atoms with E-state index in [2.05, 4.69) is 22.5 Å². The molecular weight excluding hydrogens is 343 g/mol. The third kappa shape index (κ3) is 5.66. The zero-order chi connectivity index (χ0) is 19.1. The van der Waals surface area contributed by atoms with Crippen LogP contribution in [-0.4, -0.2) is 63.3 Å². The summed E-state index contributed by atoms with van der Waals surface area (Å²) in [5, 5.41) is 6.97. The number of likely N-dealkylation sites (tertiary alicyclic amines) is 1. The van der Waals surface area contributed by atoms with Crippen molar-refractivity contribution in [2.75, 3.05) is 46.4 Å². The molecule has 5 nitrogen and oxygen atoms in total. The molecule has 1 saturated carbocycles. The Morgan fingerprint density at radius 2 is 2.11 bits per heavy atom. The number of nitrogens with zero attached hydrogens (tertiary/aromatic N) is 2. The SMILES string of the molecule is CCNC(=NCC1(c2cccc(F)c2)CC1)NC1CCN(CCOC)CC1. The van der Waals surface area contributed by atoms with Crippen LogP contribution in [0.3, 0.4) is 0 Å². The molecule has 6 heteroatoms.